The fourth-order valence-electron chi connectivity index (χ4n) is 3.78. The van der Waals surface area contributed by atoms with E-state index < -0.39 is 0 Å². The third kappa shape index (κ3) is 3.68. The van der Waals surface area contributed by atoms with Gasteiger partial charge >= 0.3 is 0 Å². The molecule has 0 bridgehead atoms. The molecule has 5 rings (SSSR count). The van der Waals surface area contributed by atoms with Gasteiger partial charge in [0.05, 0.1) is 16.8 Å². The summed E-state index contributed by atoms with van der Waals surface area (Å²) in [4.78, 5) is 24.3. The van der Waals surface area contributed by atoms with E-state index in [2.05, 4.69) is 4.98 Å². The van der Waals surface area contributed by atoms with Crippen LogP contribution in [-0.2, 0) is 6.54 Å². The highest BCUT2D eigenvalue weighted by Gasteiger charge is 2.21. The first-order valence-electron chi connectivity index (χ1n) is 10.2. The van der Waals surface area contributed by atoms with Crippen molar-refractivity contribution in [3.63, 3.8) is 0 Å². The van der Waals surface area contributed by atoms with Crippen LogP contribution in [0.4, 0.5) is 0 Å². The van der Waals surface area contributed by atoms with Gasteiger partial charge in [-0.15, -0.1) is 0 Å². The molecule has 0 unspecified atom stereocenters. The van der Waals surface area contributed by atoms with E-state index in [1.165, 1.54) is 0 Å². The minimum atomic E-state index is -0.0333. The number of fused-ring (bicyclic) bond motifs is 2. The number of carbonyl (C=O) groups is 1. The molecule has 0 fully saturated rings. The van der Waals surface area contributed by atoms with Crippen LogP contribution in [0.25, 0.3) is 22.2 Å². The van der Waals surface area contributed by atoms with Gasteiger partial charge in [0.25, 0.3) is 5.91 Å². The number of carbonyl (C=O) groups excluding carboxylic acids is 1. The number of para-hydroxylation sites is 1. The summed E-state index contributed by atoms with van der Waals surface area (Å²) in [6, 6.07) is 19.2. The molecule has 0 saturated heterocycles. The minimum absolute atomic E-state index is 0.0333. The summed E-state index contributed by atoms with van der Waals surface area (Å²) < 4.78 is 10.9. The molecule has 4 aromatic rings. The Bertz CT molecular complexity index is 1260. The number of nitrogens with zero attached hydrogens (tertiary/aromatic N) is 3. The predicted octanol–water partition coefficient (Wildman–Crippen LogP) is 4.69. The lowest BCUT2D eigenvalue weighted by molar-refractivity contribution is 0.0754. The van der Waals surface area contributed by atoms with Gasteiger partial charge in [0.2, 0.25) is 6.79 Å². The van der Waals surface area contributed by atoms with Gasteiger partial charge < -0.3 is 14.4 Å². The van der Waals surface area contributed by atoms with Crippen LogP contribution in [0.2, 0.25) is 0 Å². The van der Waals surface area contributed by atoms with Gasteiger partial charge in [-0.3, -0.25) is 9.78 Å². The van der Waals surface area contributed by atoms with Gasteiger partial charge in [0.1, 0.15) is 0 Å². The van der Waals surface area contributed by atoms with Crippen molar-refractivity contribution < 1.29 is 14.3 Å². The maximum atomic E-state index is 13.6. The first-order valence-corrected chi connectivity index (χ1v) is 10.2. The summed E-state index contributed by atoms with van der Waals surface area (Å²) >= 11 is 0. The molecule has 6 nitrogen and oxygen atoms in total. The fourth-order valence-corrected chi connectivity index (χ4v) is 3.78. The van der Waals surface area contributed by atoms with Gasteiger partial charge in [0, 0.05) is 36.4 Å². The van der Waals surface area contributed by atoms with Gasteiger partial charge in [-0.25, -0.2) is 4.98 Å². The van der Waals surface area contributed by atoms with Gasteiger partial charge in [-0.05, 0) is 48.9 Å². The Labute approximate surface area is 180 Å². The van der Waals surface area contributed by atoms with E-state index in [9.17, 15) is 4.79 Å². The van der Waals surface area contributed by atoms with Crippen molar-refractivity contribution in [1.82, 2.24) is 14.9 Å². The van der Waals surface area contributed by atoms with Crippen LogP contribution in [0.3, 0.4) is 0 Å². The molecule has 1 aliphatic heterocycles. The Morgan fingerprint density at radius 3 is 2.65 bits per heavy atom. The molecule has 0 N–H and O–H groups in total. The van der Waals surface area contributed by atoms with Crippen LogP contribution >= 0.6 is 0 Å². The van der Waals surface area contributed by atoms with E-state index in [4.69, 9.17) is 14.5 Å². The average molecular weight is 411 g/mol. The van der Waals surface area contributed by atoms with Crippen molar-refractivity contribution in [1.29, 1.82) is 0 Å². The zero-order chi connectivity index (χ0) is 21.2. The van der Waals surface area contributed by atoms with Gasteiger partial charge in [0.15, 0.2) is 11.5 Å². The molecule has 0 aliphatic carbocycles. The Balaban J connectivity index is 1.53. The SMILES string of the molecule is CCN(Cc1ccc2c(c1)OCO2)C(=O)c1cc(-c2ccncc2)nc2ccccc12. The lowest BCUT2D eigenvalue weighted by atomic mass is 10.0. The average Bonchev–Trinajstić information content (AvgIpc) is 3.30. The fraction of sp³-hybridized carbons (Fsp3) is 0.160. The first-order chi connectivity index (χ1) is 15.2. The van der Waals surface area contributed by atoms with Crippen LogP contribution in [-0.4, -0.2) is 34.1 Å². The highest BCUT2D eigenvalue weighted by Crippen LogP contribution is 2.33. The number of ether oxygens (including phenoxy) is 2. The highest BCUT2D eigenvalue weighted by molar-refractivity contribution is 6.07. The van der Waals surface area contributed by atoms with Gasteiger partial charge in [-0.1, -0.05) is 24.3 Å². The minimum Gasteiger partial charge on any atom is -0.454 e. The monoisotopic (exact) mass is 411 g/mol. The van der Waals surface area contributed by atoms with E-state index >= 15 is 0 Å². The Morgan fingerprint density at radius 2 is 1.81 bits per heavy atom. The topological polar surface area (TPSA) is 64.6 Å². The van der Waals surface area contributed by atoms with Crippen molar-refractivity contribution in [3.8, 4) is 22.8 Å². The highest BCUT2D eigenvalue weighted by atomic mass is 16.7. The maximum absolute atomic E-state index is 13.6. The second-order valence-electron chi connectivity index (χ2n) is 7.32. The zero-order valence-electron chi connectivity index (χ0n) is 17.1. The summed E-state index contributed by atoms with van der Waals surface area (Å²) in [7, 11) is 0. The van der Waals surface area contributed by atoms with E-state index in [-0.39, 0.29) is 12.7 Å². The number of amides is 1. The lowest BCUT2D eigenvalue weighted by Crippen LogP contribution is -2.30. The molecule has 0 spiro atoms. The van der Waals surface area contributed by atoms with Crippen LogP contribution in [0.5, 0.6) is 11.5 Å². The van der Waals surface area contributed by atoms with Crippen molar-refractivity contribution in [2.45, 2.75) is 13.5 Å². The smallest absolute Gasteiger partial charge is 0.254 e. The quantitative estimate of drug-likeness (QED) is 0.477. The number of benzene rings is 2. The summed E-state index contributed by atoms with van der Waals surface area (Å²) in [6.45, 7) is 3.27. The van der Waals surface area contributed by atoms with E-state index in [0.29, 0.717) is 18.7 Å². The Morgan fingerprint density at radius 1 is 1.00 bits per heavy atom. The summed E-state index contributed by atoms with van der Waals surface area (Å²) in [5, 5.41) is 0.842. The van der Waals surface area contributed by atoms with Crippen molar-refractivity contribution in [2.24, 2.45) is 0 Å². The lowest BCUT2D eigenvalue weighted by Gasteiger charge is -2.22. The summed E-state index contributed by atoms with van der Waals surface area (Å²) in [5.41, 5.74) is 4.10. The standard InChI is InChI=1S/C25H21N3O3/c1-2-28(15-17-7-8-23-24(13-17)31-16-30-23)25(29)20-14-22(18-9-11-26-12-10-18)27-21-6-4-3-5-19(20)21/h3-14H,2,15-16H2,1H3. The second-order valence-corrected chi connectivity index (χ2v) is 7.32. The van der Waals surface area contributed by atoms with Crippen LogP contribution in [0.1, 0.15) is 22.8 Å². The Hall–Kier alpha value is -3.93. The molecule has 0 radical (unpaired) electrons. The number of hydrogen-bond acceptors (Lipinski definition) is 5. The number of rotatable bonds is 5. The van der Waals surface area contributed by atoms with Crippen molar-refractivity contribution in [2.75, 3.05) is 13.3 Å². The summed E-state index contributed by atoms with van der Waals surface area (Å²) in [6.07, 6.45) is 3.46. The van der Waals surface area contributed by atoms with Crippen molar-refractivity contribution >= 4 is 16.8 Å². The predicted molar refractivity (Wildman–Crippen MR) is 118 cm³/mol. The second kappa shape index (κ2) is 8.07. The molecule has 1 aliphatic rings. The van der Waals surface area contributed by atoms with Crippen LogP contribution in [0, 0.1) is 0 Å². The molecule has 1 amide bonds. The largest absolute Gasteiger partial charge is 0.454 e. The van der Waals surface area contributed by atoms with Gasteiger partial charge in [-0.2, -0.15) is 0 Å². The normalized spacial score (nSPS) is 12.2. The molecular formula is C25H21N3O3. The third-order valence-corrected chi connectivity index (χ3v) is 5.40. The van der Waals surface area contributed by atoms with Crippen LogP contribution < -0.4 is 9.47 Å². The molecule has 2 aromatic carbocycles. The number of aromatic nitrogens is 2. The number of pyridine rings is 2. The van der Waals surface area contributed by atoms with Crippen LogP contribution in [0.15, 0.2) is 73.1 Å². The Kier molecular flexibility index (Phi) is 4.96. The van der Waals surface area contributed by atoms with Crippen molar-refractivity contribution in [3.05, 3.63) is 84.2 Å². The molecule has 6 heteroatoms. The summed E-state index contributed by atoms with van der Waals surface area (Å²) in [5.74, 6) is 1.42. The first kappa shape index (κ1) is 19.1. The molecule has 0 atom stereocenters. The maximum Gasteiger partial charge on any atom is 0.254 e. The zero-order valence-corrected chi connectivity index (χ0v) is 17.1. The third-order valence-electron chi connectivity index (χ3n) is 5.40. The van der Waals surface area contributed by atoms with E-state index in [1.807, 2.05) is 72.5 Å². The number of hydrogen-bond donors (Lipinski definition) is 0. The van der Waals surface area contributed by atoms with E-state index in [1.54, 1.807) is 12.4 Å². The molecule has 2 aromatic heterocycles. The van der Waals surface area contributed by atoms with E-state index in [0.717, 1.165) is 39.2 Å². The molecule has 0 saturated carbocycles. The molecule has 31 heavy (non-hydrogen) atoms. The molecule has 154 valence electrons. The molecular weight excluding hydrogens is 390 g/mol. The molecule has 3 heterocycles.